The van der Waals surface area contributed by atoms with Crippen molar-refractivity contribution < 1.29 is 0 Å². The van der Waals surface area contributed by atoms with Crippen LogP contribution in [0.1, 0.15) is 44.8 Å². The van der Waals surface area contributed by atoms with Gasteiger partial charge >= 0.3 is 0 Å². The number of rotatable bonds is 0. The van der Waals surface area contributed by atoms with Gasteiger partial charge in [0, 0.05) is 24.8 Å². The van der Waals surface area contributed by atoms with E-state index in [4.69, 9.17) is 0 Å². The summed E-state index contributed by atoms with van der Waals surface area (Å²) >= 11 is 0. The van der Waals surface area contributed by atoms with Gasteiger partial charge in [0.15, 0.2) is 0 Å². The second-order valence-corrected chi connectivity index (χ2v) is 3.06. The molecule has 0 radical (unpaired) electrons. The Labute approximate surface area is 93.6 Å². The molecule has 0 amide bonds. The third-order valence-corrected chi connectivity index (χ3v) is 1.93. The lowest BCUT2D eigenvalue weighted by molar-refractivity contribution is 0.351. The Balaban J connectivity index is 0.000000442. The van der Waals surface area contributed by atoms with E-state index in [9.17, 15) is 0 Å². The van der Waals surface area contributed by atoms with Gasteiger partial charge in [0.1, 0.15) is 5.82 Å². The van der Waals surface area contributed by atoms with Crippen molar-refractivity contribution in [3.63, 3.8) is 0 Å². The van der Waals surface area contributed by atoms with Crippen molar-refractivity contribution in [1.82, 2.24) is 14.9 Å². The zero-order chi connectivity index (χ0) is 11.8. The van der Waals surface area contributed by atoms with Gasteiger partial charge in [-0.1, -0.05) is 27.7 Å². The second-order valence-electron chi connectivity index (χ2n) is 3.06. The lowest BCUT2D eigenvalue weighted by atomic mass is 10.3. The summed E-state index contributed by atoms with van der Waals surface area (Å²) < 4.78 is 0. The van der Waals surface area contributed by atoms with Gasteiger partial charge in [-0.25, -0.2) is 9.97 Å². The van der Waals surface area contributed by atoms with Crippen molar-refractivity contribution in [2.75, 3.05) is 7.05 Å². The van der Waals surface area contributed by atoms with E-state index in [2.05, 4.69) is 21.9 Å². The number of hydrogen-bond acceptors (Lipinski definition) is 3. The van der Waals surface area contributed by atoms with Crippen molar-refractivity contribution in [2.24, 2.45) is 0 Å². The van der Waals surface area contributed by atoms with Gasteiger partial charge in [0.2, 0.25) is 0 Å². The van der Waals surface area contributed by atoms with Gasteiger partial charge in [-0.05, 0) is 14.0 Å². The highest BCUT2D eigenvalue weighted by molar-refractivity contribution is 5.21. The Morgan fingerprint density at radius 3 is 2.33 bits per heavy atom. The Bertz CT molecular complexity index is 284. The van der Waals surface area contributed by atoms with E-state index >= 15 is 0 Å². The van der Waals surface area contributed by atoms with Crippen LogP contribution in [0.4, 0.5) is 0 Å². The fraction of sp³-hybridized carbons (Fsp3) is 0.667. The van der Waals surface area contributed by atoms with Crippen LogP contribution in [0.5, 0.6) is 0 Å². The summed E-state index contributed by atoms with van der Waals surface area (Å²) in [6.45, 7) is 11.9. The van der Waals surface area contributed by atoms with Gasteiger partial charge in [0.05, 0.1) is 5.69 Å². The second kappa shape index (κ2) is 7.35. The van der Waals surface area contributed by atoms with Crippen LogP contribution in [-0.4, -0.2) is 21.9 Å². The molecule has 1 aromatic heterocycles. The molecule has 1 aliphatic heterocycles. The standard InChI is InChI=1S/C8H11N3.2C2H6/c1-6-9-3-7-4-11(2)5-8(7)10-6;2*1-2/h3H,4-5H2,1-2H3;2*1-2H3. The van der Waals surface area contributed by atoms with Crippen LogP contribution in [0, 0.1) is 6.92 Å². The molecule has 0 N–H and O–H groups in total. The van der Waals surface area contributed by atoms with Crippen LogP contribution in [-0.2, 0) is 13.1 Å². The Morgan fingerprint density at radius 1 is 1.13 bits per heavy atom. The summed E-state index contributed by atoms with van der Waals surface area (Å²) in [7, 11) is 2.09. The van der Waals surface area contributed by atoms with E-state index in [-0.39, 0.29) is 0 Å². The van der Waals surface area contributed by atoms with Gasteiger partial charge in [0.25, 0.3) is 0 Å². The molecule has 0 saturated heterocycles. The summed E-state index contributed by atoms with van der Waals surface area (Å²) in [6.07, 6.45) is 1.93. The topological polar surface area (TPSA) is 29.0 Å². The predicted molar refractivity (Wildman–Crippen MR) is 64.6 cm³/mol. The lowest BCUT2D eigenvalue weighted by Gasteiger charge is -2.01. The molecule has 2 rings (SSSR count). The molecule has 86 valence electrons. The first-order valence-corrected chi connectivity index (χ1v) is 5.75. The van der Waals surface area contributed by atoms with E-state index in [0.717, 1.165) is 18.9 Å². The van der Waals surface area contributed by atoms with E-state index in [1.54, 1.807) is 0 Å². The molecule has 0 aromatic carbocycles. The molecule has 3 heteroatoms. The molecule has 1 aliphatic rings. The van der Waals surface area contributed by atoms with Crippen molar-refractivity contribution >= 4 is 0 Å². The predicted octanol–water partition coefficient (Wildman–Crippen LogP) is 2.78. The fourth-order valence-electron chi connectivity index (χ4n) is 1.41. The number of aryl methyl sites for hydroxylation is 1. The lowest BCUT2D eigenvalue weighted by Crippen LogP contribution is -2.07. The number of hydrogen-bond donors (Lipinski definition) is 0. The zero-order valence-electron chi connectivity index (χ0n) is 10.8. The third kappa shape index (κ3) is 3.96. The molecule has 0 spiro atoms. The summed E-state index contributed by atoms with van der Waals surface area (Å²) in [5, 5.41) is 0. The van der Waals surface area contributed by atoms with Crippen molar-refractivity contribution in [3.8, 4) is 0 Å². The molecule has 15 heavy (non-hydrogen) atoms. The van der Waals surface area contributed by atoms with Gasteiger partial charge in [-0.2, -0.15) is 0 Å². The number of nitrogens with zero attached hydrogens (tertiary/aromatic N) is 3. The average molecular weight is 209 g/mol. The van der Waals surface area contributed by atoms with E-state index in [0.29, 0.717) is 0 Å². The fourth-order valence-corrected chi connectivity index (χ4v) is 1.41. The van der Waals surface area contributed by atoms with E-state index < -0.39 is 0 Å². The minimum Gasteiger partial charge on any atom is -0.296 e. The van der Waals surface area contributed by atoms with Crippen molar-refractivity contribution in [3.05, 3.63) is 23.3 Å². The van der Waals surface area contributed by atoms with Gasteiger partial charge in [-0.15, -0.1) is 0 Å². The van der Waals surface area contributed by atoms with Gasteiger partial charge < -0.3 is 0 Å². The van der Waals surface area contributed by atoms with Crippen LogP contribution in [0.3, 0.4) is 0 Å². The molecule has 2 heterocycles. The van der Waals surface area contributed by atoms with Crippen LogP contribution in [0.15, 0.2) is 6.20 Å². The quantitative estimate of drug-likeness (QED) is 0.658. The van der Waals surface area contributed by atoms with Gasteiger partial charge in [-0.3, -0.25) is 4.90 Å². The van der Waals surface area contributed by atoms with Crippen LogP contribution >= 0.6 is 0 Å². The molecular weight excluding hydrogens is 186 g/mol. The Hall–Kier alpha value is -0.960. The third-order valence-electron chi connectivity index (χ3n) is 1.93. The molecule has 3 nitrogen and oxygen atoms in total. The average Bonchev–Trinajstić information content (AvgIpc) is 2.63. The monoisotopic (exact) mass is 209 g/mol. The maximum Gasteiger partial charge on any atom is 0.125 e. The molecular formula is C12H23N3. The zero-order valence-corrected chi connectivity index (χ0v) is 10.8. The van der Waals surface area contributed by atoms with Crippen LogP contribution in [0.25, 0.3) is 0 Å². The first-order valence-electron chi connectivity index (χ1n) is 5.75. The minimum absolute atomic E-state index is 0.874. The summed E-state index contributed by atoms with van der Waals surface area (Å²) in [5.41, 5.74) is 2.47. The largest absolute Gasteiger partial charge is 0.296 e. The Morgan fingerprint density at radius 2 is 1.73 bits per heavy atom. The highest BCUT2D eigenvalue weighted by Gasteiger charge is 2.16. The SMILES string of the molecule is CC.CC.Cc1ncc2c(n1)CN(C)C2. The molecule has 0 bridgehead atoms. The first kappa shape index (κ1) is 14.0. The molecule has 0 aliphatic carbocycles. The van der Waals surface area contributed by atoms with E-state index in [1.165, 1.54) is 11.3 Å². The molecule has 0 saturated carbocycles. The molecule has 0 atom stereocenters. The van der Waals surface area contributed by atoms with Crippen LogP contribution in [0.2, 0.25) is 0 Å². The number of fused-ring (bicyclic) bond motifs is 1. The smallest absolute Gasteiger partial charge is 0.125 e. The molecule has 1 aromatic rings. The molecule has 0 fully saturated rings. The highest BCUT2D eigenvalue weighted by Crippen LogP contribution is 2.17. The highest BCUT2D eigenvalue weighted by atomic mass is 15.1. The maximum absolute atomic E-state index is 4.35. The minimum atomic E-state index is 0.874. The summed E-state index contributed by atoms with van der Waals surface area (Å²) in [4.78, 5) is 10.7. The van der Waals surface area contributed by atoms with Crippen molar-refractivity contribution in [1.29, 1.82) is 0 Å². The molecule has 0 unspecified atom stereocenters. The summed E-state index contributed by atoms with van der Waals surface area (Å²) in [5.74, 6) is 0.874. The normalized spacial score (nSPS) is 13.2. The number of aromatic nitrogens is 2. The van der Waals surface area contributed by atoms with E-state index in [1.807, 2.05) is 40.8 Å². The maximum atomic E-state index is 4.35. The summed E-state index contributed by atoms with van der Waals surface area (Å²) in [6, 6.07) is 0. The van der Waals surface area contributed by atoms with Crippen LogP contribution < -0.4 is 0 Å². The Kier molecular flexibility index (Phi) is 6.88. The van der Waals surface area contributed by atoms with Crippen molar-refractivity contribution in [2.45, 2.75) is 47.7 Å². The first-order chi connectivity index (χ1) is 7.25.